The fraction of sp³-hybridized carbons (Fsp3) is 0. The number of hydrogen-bond donors (Lipinski definition) is 1. The summed E-state index contributed by atoms with van der Waals surface area (Å²) >= 11 is 6.39. The number of H-pyrrole nitrogens is 1. The summed E-state index contributed by atoms with van der Waals surface area (Å²) in [6.07, 6.45) is 1.90. The number of aromatic nitrogens is 2. The van der Waals surface area contributed by atoms with Gasteiger partial charge in [0.1, 0.15) is 0 Å². The molecular formula is C18H10ClN3. The summed E-state index contributed by atoms with van der Waals surface area (Å²) in [7, 11) is 0. The van der Waals surface area contributed by atoms with Gasteiger partial charge in [0.15, 0.2) is 0 Å². The van der Waals surface area contributed by atoms with Crippen molar-refractivity contribution in [2.75, 3.05) is 0 Å². The zero-order valence-electron chi connectivity index (χ0n) is 11.5. The number of aromatic amines is 1. The van der Waals surface area contributed by atoms with Crippen LogP contribution in [0.1, 0.15) is 5.56 Å². The molecule has 0 aliphatic carbocycles. The van der Waals surface area contributed by atoms with Crippen LogP contribution < -0.4 is 0 Å². The minimum Gasteiger partial charge on any atom is -0.360 e. The molecule has 0 unspecified atom stereocenters. The van der Waals surface area contributed by atoms with Gasteiger partial charge >= 0.3 is 0 Å². The first kappa shape index (κ1) is 12.9. The van der Waals surface area contributed by atoms with E-state index in [9.17, 15) is 0 Å². The molecule has 0 spiro atoms. The summed E-state index contributed by atoms with van der Waals surface area (Å²) in [6, 6.07) is 17.4. The molecule has 4 aromatic rings. The lowest BCUT2D eigenvalue weighted by atomic mass is 10.1. The lowest BCUT2D eigenvalue weighted by Gasteiger charge is -2.04. The van der Waals surface area contributed by atoms with Crippen molar-refractivity contribution in [3.63, 3.8) is 0 Å². The first-order chi connectivity index (χ1) is 10.8. The topological polar surface area (TPSA) is 52.5 Å². The average molecular weight is 304 g/mol. The number of halogens is 1. The third-order valence-electron chi connectivity index (χ3n) is 3.75. The summed E-state index contributed by atoms with van der Waals surface area (Å²) in [4.78, 5) is 7.91. The molecule has 0 bridgehead atoms. The lowest BCUT2D eigenvalue weighted by Crippen LogP contribution is -1.86. The molecule has 2 aromatic carbocycles. The largest absolute Gasteiger partial charge is 0.360 e. The third-order valence-corrected chi connectivity index (χ3v) is 4.07. The van der Waals surface area contributed by atoms with Crippen molar-refractivity contribution in [1.29, 1.82) is 5.26 Å². The van der Waals surface area contributed by atoms with E-state index in [2.05, 4.69) is 11.1 Å². The molecule has 4 heteroatoms. The van der Waals surface area contributed by atoms with Gasteiger partial charge in [-0.3, -0.25) is 0 Å². The van der Waals surface area contributed by atoms with Gasteiger partial charge in [-0.1, -0.05) is 29.8 Å². The molecule has 0 saturated carbocycles. The van der Waals surface area contributed by atoms with Gasteiger partial charge in [-0.2, -0.15) is 5.26 Å². The second-order valence-electron chi connectivity index (χ2n) is 5.08. The number of nitriles is 1. The molecule has 0 amide bonds. The van der Waals surface area contributed by atoms with Crippen LogP contribution in [-0.4, -0.2) is 9.97 Å². The highest BCUT2D eigenvalue weighted by Gasteiger charge is 2.11. The maximum atomic E-state index is 9.08. The van der Waals surface area contributed by atoms with Gasteiger partial charge in [-0.25, -0.2) is 4.98 Å². The smallest absolute Gasteiger partial charge is 0.0991 e. The van der Waals surface area contributed by atoms with E-state index in [-0.39, 0.29) is 0 Å². The molecule has 104 valence electrons. The van der Waals surface area contributed by atoms with Crippen molar-refractivity contribution < 1.29 is 0 Å². The molecule has 0 aliphatic rings. The predicted octanol–water partition coefficient (Wildman–Crippen LogP) is 4.91. The van der Waals surface area contributed by atoms with Gasteiger partial charge in [0, 0.05) is 28.0 Å². The highest BCUT2D eigenvalue weighted by Crippen LogP contribution is 2.32. The predicted molar refractivity (Wildman–Crippen MR) is 88.8 cm³/mol. The van der Waals surface area contributed by atoms with E-state index >= 15 is 0 Å². The number of benzene rings is 2. The maximum absolute atomic E-state index is 9.08. The van der Waals surface area contributed by atoms with Gasteiger partial charge in [0.25, 0.3) is 0 Å². The Kier molecular flexibility index (Phi) is 2.85. The Morgan fingerprint density at radius 1 is 1.05 bits per heavy atom. The number of rotatable bonds is 1. The minimum atomic E-state index is 0.625. The minimum absolute atomic E-state index is 0.625. The van der Waals surface area contributed by atoms with Crippen LogP contribution in [0.5, 0.6) is 0 Å². The summed E-state index contributed by atoms with van der Waals surface area (Å²) < 4.78 is 0. The quantitative estimate of drug-likeness (QED) is 0.543. The van der Waals surface area contributed by atoms with Crippen molar-refractivity contribution in [2.45, 2.75) is 0 Å². The Balaban J connectivity index is 2.01. The van der Waals surface area contributed by atoms with E-state index in [4.69, 9.17) is 21.8 Å². The standard InChI is InChI=1S/C18H10ClN3/c19-15-8-18(22-17-4-2-1-3-12(15)17)14-10-21-16-6-5-11(9-20)7-13(14)16/h1-8,10,21H. The normalized spacial score (nSPS) is 10.9. The molecule has 2 aromatic heterocycles. The molecule has 22 heavy (non-hydrogen) atoms. The molecule has 0 fully saturated rings. The monoisotopic (exact) mass is 303 g/mol. The van der Waals surface area contributed by atoms with Crippen molar-refractivity contribution in [3.8, 4) is 17.3 Å². The fourth-order valence-electron chi connectivity index (χ4n) is 2.67. The van der Waals surface area contributed by atoms with E-state index in [1.165, 1.54) is 0 Å². The van der Waals surface area contributed by atoms with Crippen molar-refractivity contribution in [2.24, 2.45) is 0 Å². The number of hydrogen-bond acceptors (Lipinski definition) is 2. The van der Waals surface area contributed by atoms with Crippen LogP contribution in [0.15, 0.2) is 54.7 Å². The maximum Gasteiger partial charge on any atom is 0.0991 e. The number of para-hydroxylation sites is 1. The second kappa shape index (κ2) is 4.87. The summed E-state index contributed by atoms with van der Waals surface area (Å²) in [5.74, 6) is 0. The van der Waals surface area contributed by atoms with Crippen molar-refractivity contribution in [1.82, 2.24) is 9.97 Å². The summed E-state index contributed by atoms with van der Waals surface area (Å²) in [6.45, 7) is 0. The average Bonchev–Trinajstić information content (AvgIpc) is 2.97. The van der Waals surface area contributed by atoms with Crippen molar-refractivity contribution >= 4 is 33.4 Å². The number of nitrogens with one attached hydrogen (secondary N) is 1. The molecule has 3 nitrogen and oxygen atoms in total. The van der Waals surface area contributed by atoms with Crippen LogP contribution in [0.2, 0.25) is 5.02 Å². The Hall–Kier alpha value is -2.83. The van der Waals surface area contributed by atoms with Gasteiger partial charge in [-0.15, -0.1) is 0 Å². The number of nitrogens with zero attached hydrogens (tertiary/aromatic N) is 2. The highest BCUT2D eigenvalue weighted by molar-refractivity contribution is 6.35. The molecule has 2 heterocycles. The van der Waals surface area contributed by atoms with E-state index < -0.39 is 0 Å². The van der Waals surface area contributed by atoms with E-state index in [1.807, 2.05) is 48.7 Å². The van der Waals surface area contributed by atoms with Crippen LogP contribution in [0.25, 0.3) is 33.1 Å². The first-order valence-electron chi connectivity index (χ1n) is 6.83. The van der Waals surface area contributed by atoms with E-state index in [0.29, 0.717) is 10.6 Å². The van der Waals surface area contributed by atoms with Gasteiger partial charge in [0.05, 0.1) is 27.9 Å². The van der Waals surface area contributed by atoms with Gasteiger partial charge < -0.3 is 4.98 Å². The number of fused-ring (bicyclic) bond motifs is 2. The molecular weight excluding hydrogens is 294 g/mol. The SMILES string of the molecule is N#Cc1ccc2[nH]cc(-c3cc(Cl)c4ccccc4n3)c2c1. The molecule has 0 saturated heterocycles. The Morgan fingerprint density at radius 3 is 2.77 bits per heavy atom. The van der Waals surface area contributed by atoms with Crippen molar-refractivity contribution in [3.05, 3.63) is 65.3 Å². The zero-order valence-corrected chi connectivity index (χ0v) is 12.2. The van der Waals surface area contributed by atoms with Crippen LogP contribution >= 0.6 is 11.6 Å². The second-order valence-corrected chi connectivity index (χ2v) is 5.49. The fourth-order valence-corrected chi connectivity index (χ4v) is 2.94. The molecule has 0 radical (unpaired) electrons. The van der Waals surface area contributed by atoms with Crippen LogP contribution in [0, 0.1) is 11.3 Å². The Bertz CT molecular complexity index is 1060. The van der Waals surface area contributed by atoms with E-state index in [0.717, 1.165) is 33.1 Å². The lowest BCUT2D eigenvalue weighted by molar-refractivity contribution is 1.40. The highest BCUT2D eigenvalue weighted by atomic mass is 35.5. The van der Waals surface area contributed by atoms with Crippen LogP contribution in [0.4, 0.5) is 0 Å². The summed E-state index contributed by atoms with van der Waals surface area (Å²) in [5, 5.41) is 11.7. The zero-order chi connectivity index (χ0) is 15.1. The molecule has 4 rings (SSSR count). The molecule has 0 aliphatic heterocycles. The van der Waals surface area contributed by atoms with Crippen LogP contribution in [0.3, 0.4) is 0 Å². The molecule has 1 N–H and O–H groups in total. The molecule has 0 atom stereocenters. The third kappa shape index (κ3) is 1.93. The first-order valence-corrected chi connectivity index (χ1v) is 7.21. The Morgan fingerprint density at radius 2 is 1.91 bits per heavy atom. The Labute approximate surface area is 131 Å². The number of pyridine rings is 1. The summed E-state index contributed by atoms with van der Waals surface area (Å²) in [5.41, 5.74) is 4.20. The van der Waals surface area contributed by atoms with Gasteiger partial charge in [0.2, 0.25) is 0 Å². The van der Waals surface area contributed by atoms with Gasteiger partial charge in [-0.05, 0) is 30.3 Å². The van der Waals surface area contributed by atoms with Crippen LogP contribution in [-0.2, 0) is 0 Å². The van der Waals surface area contributed by atoms with E-state index in [1.54, 1.807) is 6.07 Å².